The summed E-state index contributed by atoms with van der Waals surface area (Å²) < 4.78 is 116. The van der Waals surface area contributed by atoms with E-state index in [1.807, 2.05) is 0 Å². The third-order valence-electron chi connectivity index (χ3n) is 2.63. The highest BCUT2D eigenvalue weighted by Crippen LogP contribution is 2.38. The normalized spacial score (nSPS) is 14.5. The number of unbranched alkanes of at least 4 members (excludes halogenated alkanes) is 2. The van der Waals surface area contributed by atoms with E-state index in [4.69, 9.17) is 0 Å². The van der Waals surface area contributed by atoms with Crippen molar-refractivity contribution in [2.24, 2.45) is 0 Å². The molecule has 0 amide bonds. The summed E-state index contributed by atoms with van der Waals surface area (Å²) in [6.07, 6.45) is 0.642. The molecule has 0 unspecified atom stereocenters. The summed E-state index contributed by atoms with van der Waals surface area (Å²) in [6.45, 7) is 0. The van der Waals surface area contributed by atoms with Crippen LogP contribution < -0.4 is 0 Å². The van der Waals surface area contributed by atoms with Gasteiger partial charge < -0.3 is 0 Å². The molecular formula is C9H14F6O4S3. The fraction of sp³-hybridized carbons (Fsp3) is 1.00. The molecule has 22 heavy (non-hydrogen) atoms. The average Bonchev–Trinajstić information content (AvgIpc) is 2.30. The quantitative estimate of drug-likeness (QED) is 0.466. The lowest BCUT2D eigenvalue weighted by molar-refractivity contribution is -0.0472. The van der Waals surface area contributed by atoms with Crippen LogP contribution in [0.2, 0.25) is 0 Å². The Bertz CT molecular complexity index is 505. The van der Waals surface area contributed by atoms with Gasteiger partial charge in [0.2, 0.25) is 0 Å². The predicted octanol–water partition coefficient (Wildman–Crippen LogP) is 3.11. The third kappa shape index (κ3) is 5.18. The van der Waals surface area contributed by atoms with Crippen molar-refractivity contribution in [3.05, 3.63) is 0 Å². The Balaban J connectivity index is 5.47. The first-order valence-electron chi connectivity index (χ1n) is 5.79. The van der Waals surface area contributed by atoms with Gasteiger partial charge in [-0.05, 0) is 24.9 Å². The van der Waals surface area contributed by atoms with E-state index in [0.29, 0.717) is 12.2 Å². The Labute approximate surface area is 128 Å². The van der Waals surface area contributed by atoms with E-state index in [1.54, 1.807) is 6.26 Å². The van der Waals surface area contributed by atoms with Crippen LogP contribution in [0, 0.1) is 0 Å². The van der Waals surface area contributed by atoms with Gasteiger partial charge in [-0.25, -0.2) is 16.8 Å². The molecule has 0 atom stereocenters. The molecule has 0 saturated heterocycles. The molecular weight excluding hydrogens is 382 g/mol. The second-order valence-corrected chi connectivity index (χ2v) is 9.78. The maximum atomic E-state index is 12.4. The number of hydrogen-bond acceptors (Lipinski definition) is 5. The van der Waals surface area contributed by atoms with Crippen molar-refractivity contribution in [1.82, 2.24) is 0 Å². The minimum atomic E-state index is -6.49. The van der Waals surface area contributed by atoms with Crippen LogP contribution in [0.3, 0.4) is 0 Å². The molecule has 0 spiro atoms. The summed E-state index contributed by atoms with van der Waals surface area (Å²) in [7, 11) is -13.0. The molecule has 0 aliphatic rings. The minimum Gasteiger partial charge on any atom is -0.218 e. The highest BCUT2D eigenvalue weighted by atomic mass is 32.3. The minimum absolute atomic E-state index is 0.123. The van der Waals surface area contributed by atoms with E-state index in [-0.39, 0.29) is 12.8 Å². The van der Waals surface area contributed by atoms with Crippen molar-refractivity contribution >= 4 is 31.4 Å². The Morgan fingerprint density at radius 2 is 1.23 bits per heavy atom. The second kappa shape index (κ2) is 7.60. The Morgan fingerprint density at radius 3 is 1.55 bits per heavy atom. The highest BCUT2D eigenvalue weighted by Gasteiger charge is 2.62. The zero-order valence-corrected chi connectivity index (χ0v) is 13.7. The zero-order valence-electron chi connectivity index (χ0n) is 11.2. The van der Waals surface area contributed by atoms with Crippen molar-refractivity contribution < 1.29 is 43.2 Å². The van der Waals surface area contributed by atoms with Crippen LogP contribution in [0.5, 0.6) is 0 Å². The first kappa shape index (κ1) is 21.8. The average molecular weight is 396 g/mol. The Kier molecular flexibility index (Phi) is 7.54. The number of alkyl halides is 6. The van der Waals surface area contributed by atoms with E-state index in [9.17, 15) is 43.2 Å². The van der Waals surface area contributed by atoms with Gasteiger partial charge in [0.1, 0.15) is 0 Å². The maximum Gasteiger partial charge on any atom is 0.498 e. The number of thioether (sulfide) groups is 1. The SMILES string of the molecule is CSCCCCCC(S(=O)(=O)C(F)(F)F)S(=O)(=O)C(F)(F)F. The largest absolute Gasteiger partial charge is 0.498 e. The van der Waals surface area contributed by atoms with Crippen LogP contribution in [-0.2, 0) is 19.7 Å². The van der Waals surface area contributed by atoms with Gasteiger partial charge in [-0.2, -0.15) is 38.1 Å². The lowest BCUT2D eigenvalue weighted by Crippen LogP contribution is -2.44. The molecule has 0 aliphatic carbocycles. The van der Waals surface area contributed by atoms with Crippen molar-refractivity contribution in [3.8, 4) is 0 Å². The monoisotopic (exact) mass is 396 g/mol. The van der Waals surface area contributed by atoms with Crippen LogP contribution >= 0.6 is 11.8 Å². The molecule has 4 nitrogen and oxygen atoms in total. The fourth-order valence-electron chi connectivity index (χ4n) is 1.51. The van der Waals surface area contributed by atoms with Crippen LogP contribution in [0.15, 0.2) is 0 Å². The molecule has 0 aromatic heterocycles. The third-order valence-corrected chi connectivity index (χ3v) is 7.99. The molecule has 0 fully saturated rings. The fourth-order valence-corrected chi connectivity index (χ4v) is 5.54. The van der Waals surface area contributed by atoms with Gasteiger partial charge >= 0.3 is 11.0 Å². The van der Waals surface area contributed by atoms with Gasteiger partial charge in [0.05, 0.1) is 0 Å². The number of sulfone groups is 2. The molecule has 0 bridgehead atoms. The molecule has 0 heterocycles. The first-order chi connectivity index (χ1) is 9.69. The summed E-state index contributed by atoms with van der Waals surface area (Å²) in [6, 6.07) is 0. The summed E-state index contributed by atoms with van der Waals surface area (Å²) in [5.41, 5.74) is -12.1. The molecule has 13 heteroatoms. The van der Waals surface area contributed by atoms with Gasteiger partial charge in [0, 0.05) is 0 Å². The van der Waals surface area contributed by atoms with E-state index < -0.39 is 41.7 Å². The second-order valence-electron chi connectivity index (χ2n) is 4.25. The molecule has 0 saturated carbocycles. The number of rotatable bonds is 8. The first-order valence-corrected chi connectivity index (χ1v) is 10.3. The molecule has 0 aromatic carbocycles. The summed E-state index contributed by atoms with van der Waals surface area (Å²) in [4.78, 5) is 0. The van der Waals surface area contributed by atoms with Crippen LogP contribution in [0.25, 0.3) is 0 Å². The van der Waals surface area contributed by atoms with Crippen LogP contribution in [-0.4, -0.2) is 44.4 Å². The lowest BCUT2D eigenvalue weighted by Gasteiger charge is -2.20. The zero-order chi connectivity index (χ0) is 17.8. The molecule has 0 rings (SSSR count). The smallest absolute Gasteiger partial charge is 0.218 e. The van der Waals surface area contributed by atoms with Crippen molar-refractivity contribution in [3.63, 3.8) is 0 Å². The maximum absolute atomic E-state index is 12.4. The highest BCUT2D eigenvalue weighted by molar-refractivity contribution is 8.09. The van der Waals surface area contributed by atoms with Crippen molar-refractivity contribution in [1.29, 1.82) is 0 Å². The Morgan fingerprint density at radius 1 is 0.818 bits per heavy atom. The van der Waals surface area contributed by atoms with E-state index in [2.05, 4.69) is 0 Å². The van der Waals surface area contributed by atoms with Gasteiger partial charge in [-0.1, -0.05) is 12.8 Å². The molecule has 134 valence electrons. The molecule has 0 aromatic rings. The van der Waals surface area contributed by atoms with Crippen molar-refractivity contribution in [2.45, 2.75) is 41.3 Å². The van der Waals surface area contributed by atoms with Crippen LogP contribution in [0.1, 0.15) is 25.7 Å². The summed E-state index contributed by atoms with van der Waals surface area (Å²) in [5, 5.41) is 0. The topological polar surface area (TPSA) is 68.3 Å². The summed E-state index contributed by atoms with van der Waals surface area (Å²) in [5.74, 6) is 0.572. The number of hydrogen-bond donors (Lipinski definition) is 0. The van der Waals surface area contributed by atoms with E-state index >= 15 is 0 Å². The predicted molar refractivity (Wildman–Crippen MR) is 70.6 cm³/mol. The van der Waals surface area contributed by atoms with Crippen molar-refractivity contribution in [2.75, 3.05) is 12.0 Å². The number of halogens is 6. The van der Waals surface area contributed by atoms with E-state index in [1.165, 1.54) is 11.8 Å². The van der Waals surface area contributed by atoms with Gasteiger partial charge in [0.25, 0.3) is 19.7 Å². The standard InChI is InChI=1S/C9H14F6O4S3/c1-20-6-4-2-3-5-7(21(16,17)8(10,11)12)22(18,19)9(13,14)15/h7H,2-6H2,1H3. The molecule has 0 radical (unpaired) electrons. The molecule has 0 N–H and O–H groups in total. The lowest BCUT2D eigenvalue weighted by atomic mass is 10.2. The van der Waals surface area contributed by atoms with Gasteiger partial charge in [-0.3, -0.25) is 0 Å². The molecule has 0 aliphatic heterocycles. The van der Waals surface area contributed by atoms with Gasteiger partial charge in [-0.15, -0.1) is 0 Å². The summed E-state index contributed by atoms with van der Waals surface area (Å²) >= 11 is 1.38. The van der Waals surface area contributed by atoms with Gasteiger partial charge in [0.15, 0.2) is 4.58 Å². The van der Waals surface area contributed by atoms with Crippen LogP contribution in [0.4, 0.5) is 26.3 Å². The Hall–Kier alpha value is -0.170. The van der Waals surface area contributed by atoms with E-state index in [0.717, 1.165) is 0 Å².